The zero-order valence-corrected chi connectivity index (χ0v) is 22.0. The number of nitrogens with one attached hydrogen (secondary N) is 1. The van der Waals surface area contributed by atoms with Gasteiger partial charge in [0.1, 0.15) is 25.5 Å². The Hall–Kier alpha value is -4.25. The SMILES string of the molecule is CCOCC(=O)NCC(=O)O[C@]1(CC)C(=O)OCc2c1cc1n(c2=O)Cc2c-1nc1ccc(O)cc1c2CC. The van der Waals surface area contributed by atoms with Crippen molar-refractivity contribution in [3.05, 3.63) is 56.9 Å². The fourth-order valence-corrected chi connectivity index (χ4v) is 5.36. The van der Waals surface area contributed by atoms with Gasteiger partial charge in [0.05, 0.1) is 29.0 Å². The van der Waals surface area contributed by atoms with E-state index in [1.54, 1.807) is 42.7 Å². The minimum atomic E-state index is -1.86. The van der Waals surface area contributed by atoms with Gasteiger partial charge in [-0.2, -0.15) is 0 Å². The van der Waals surface area contributed by atoms with Crippen molar-refractivity contribution < 1.29 is 33.7 Å². The van der Waals surface area contributed by atoms with Crippen LogP contribution in [-0.4, -0.2) is 52.3 Å². The lowest BCUT2D eigenvalue weighted by Gasteiger charge is -2.35. The van der Waals surface area contributed by atoms with Crippen LogP contribution < -0.4 is 10.9 Å². The number of amides is 1. The molecule has 0 radical (unpaired) electrons. The first-order valence-electron chi connectivity index (χ1n) is 12.9. The van der Waals surface area contributed by atoms with Gasteiger partial charge in [-0.05, 0) is 49.6 Å². The highest BCUT2D eigenvalue weighted by molar-refractivity contribution is 5.91. The van der Waals surface area contributed by atoms with Crippen molar-refractivity contribution in [2.45, 2.75) is 52.4 Å². The molecular weight excluding hydrogens is 506 g/mol. The van der Waals surface area contributed by atoms with E-state index in [-0.39, 0.29) is 48.6 Å². The number of cyclic esters (lactones) is 1. The average Bonchev–Trinajstić information content (AvgIpc) is 3.29. The van der Waals surface area contributed by atoms with Gasteiger partial charge in [0.2, 0.25) is 11.5 Å². The van der Waals surface area contributed by atoms with Gasteiger partial charge in [0, 0.05) is 23.1 Å². The Labute approximate surface area is 223 Å². The number of hydrogen-bond acceptors (Lipinski definition) is 9. The molecular formula is C28H29N3O8. The number of aromatic hydroxyl groups is 1. The van der Waals surface area contributed by atoms with Crippen molar-refractivity contribution in [1.29, 1.82) is 0 Å². The third-order valence-corrected chi connectivity index (χ3v) is 7.27. The van der Waals surface area contributed by atoms with Gasteiger partial charge < -0.3 is 29.2 Å². The molecule has 4 heterocycles. The molecule has 0 bridgehead atoms. The summed E-state index contributed by atoms with van der Waals surface area (Å²) in [5.74, 6) is -2.02. The molecule has 0 unspecified atom stereocenters. The maximum Gasteiger partial charge on any atom is 0.355 e. The number of aromatic nitrogens is 2. The third-order valence-electron chi connectivity index (χ3n) is 7.27. The molecule has 204 valence electrons. The first-order valence-corrected chi connectivity index (χ1v) is 12.9. The van der Waals surface area contributed by atoms with E-state index in [9.17, 15) is 24.3 Å². The van der Waals surface area contributed by atoms with Crippen LogP contribution in [0.5, 0.6) is 5.75 Å². The van der Waals surface area contributed by atoms with Crippen molar-refractivity contribution in [2.24, 2.45) is 0 Å². The first-order chi connectivity index (χ1) is 18.7. The second-order valence-electron chi connectivity index (χ2n) is 9.43. The molecule has 11 nitrogen and oxygen atoms in total. The zero-order valence-electron chi connectivity index (χ0n) is 22.0. The van der Waals surface area contributed by atoms with Crippen LogP contribution >= 0.6 is 0 Å². The summed E-state index contributed by atoms with van der Waals surface area (Å²) in [6.07, 6.45) is 0.665. The fourth-order valence-electron chi connectivity index (χ4n) is 5.36. The summed E-state index contributed by atoms with van der Waals surface area (Å²) < 4.78 is 17.6. The van der Waals surface area contributed by atoms with E-state index in [1.807, 2.05) is 6.92 Å². The Bertz CT molecular complexity index is 1580. The predicted molar refractivity (Wildman–Crippen MR) is 139 cm³/mol. The summed E-state index contributed by atoms with van der Waals surface area (Å²) in [6, 6.07) is 6.63. The Kier molecular flexibility index (Phi) is 6.85. The topological polar surface area (TPSA) is 146 Å². The van der Waals surface area contributed by atoms with Crippen LogP contribution in [0.25, 0.3) is 22.3 Å². The number of aryl methyl sites for hydroxylation is 1. The zero-order chi connectivity index (χ0) is 27.9. The number of ether oxygens (including phenoxy) is 3. The van der Waals surface area contributed by atoms with Crippen LogP contribution in [0, 0.1) is 0 Å². The maximum absolute atomic E-state index is 13.7. The number of hydrogen-bond donors (Lipinski definition) is 2. The highest BCUT2D eigenvalue weighted by atomic mass is 16.6. The highest BCUT2D eigenvalue weighted by Crippen LogP contribution is 2.42. The molecule has 1 aromatic carbocycles. The molecule has 2 N–H and O–H groups in total. The molecule has 0 saturated heterocycles. The lowest BCUT2D eigenvalue weighted by Crippen LogP contribution is -2.48. The van der Waals surface area contributed by atoms with E-state index < -0.39 is 30.0 Å². The fraction of sp³-hybridized carbons (Fsp3) is 0.393. The number of pyridine rings is 2. The average molecular weight is 536 g/mol. The molecule has 0 aliphatic carbocycles. The Morgan fingerprint density at radius 2 is 1.97 bits per heavy atom. The Morgan fingerprint density at radius 1 is 1.18 bits per heavy atom. The monoisotopic (exact) mass is 535 g/mol. The summed E-state index contributed by atoms with van der Waals surface area (Å²) in [7, 11) is 0. The van der Waals surface area contributed by atoms with E-state index in [4.69, 9.17) is 19.2 Å². The van der Waals surface area contributed by atoms with E-state index in [0.29, 0.717) is 29.9 Å². The second-order valence-corrected chi connectivity index (χ2v) is 9.43. The summed E-state index contributed by atoms with van der Waals surface area (Å²) in [6.45, 7) is 5.06. The van der Waals surface area contributed by atoms with Crippen molar-refractivity contribution >= 4 is 28.7 Å². The highest BCUT2D eigenvalue weighted by Gasteiger charge is 2.50. The number of fused-ring (bicyclic) bond motifs is 5. The smallest absolute Gasteiger partial charge is 0.355 e. The van der Waals surface area contributed by atoms with Crippen molar-refractivity contribution in [3.8, 4) is 17.1 Å². The van der Waals surface area contributed by atoms with Gasteiger partial charge in [-0.3, -0.25) is 14.4 Å². The van der Waals surface area contributed by atoms with Crippen LogP contribution in [0.2, 0.25) is 0 Å². The van der Waals surface area contributed by atoms with Gasteiger partial charge in [-0.25, -0.2) is 9.78 Å². The molecule has 1 atom stereocenters. The molecule has 2 aromatic heterocycles. The van der Waals surface area contributed by atoms with E-state index in [2.05, 4.69) is 5.32 Å². The number of nitrogens with zero attached hydrogens (tertiary/aromatic N) is 2. The van der Waals surface area contributed by atoms with Crippen molar-refractivity contribution in [1.82, 2.24) is 14.9 Å². The largest absolute Gasteiger partial charge is 0.508 e. The third kappa shape index (κ3) is 4.32. The number of esters is 2. The summed E-state index contributed by atoms with van der Waals surface area (Å²) >= 11 is 0. The molecule has 39 heavy (non-hydrogen) atoms. The van der Waals surface area contributed by atoms with Gasteiger partial charge >= 0.3 is 11.9 Å². The lowest BCUT2D eigenvalue weighted by molar-refractivity contribution is -0.189. The number of carbonyl (C=O) groups excluding carboxylic acids is 3. The first kappa shape index (κ1) is 26.4. The van der Waals surface area contributed by atoms with Gasteiger partial charge in [0.15, 0.2) is 0 Å². The molecule has 11 heteroatoms. The second kappa shape index (κ2) is 10.1. The van der Waals surface area contributed by atoms with Crippen LogP contribution in [0.1, 0.15) is 49.4 Å². The number of phenols is 1. The number of benzene rings is 1. The molecule has 2 aliphatic heterocycles. The maximum atomic E-state index is 13.7. The molecule has 3 aromatic rings. The lowest BCUT2D eigenvalue weighted by atomic mass is 9.85. The Balaban J connectivity index is 1.59. The summed E-state index contributed by atoms with van der Waals surface area (Å²) in [4.78, 5) is 56.3. The molecule has 2 aliphatic rings. The molecule has 0 fully saturated rings. The minimum absolute atomic E-state index is 0.0118. The summed E-state index contributed by atoms with van der Waals surface area (Å²) in [5.41, 5.74) is 1.86. The van der Waals surface area contributed by atoms with Gasteiger partial charge in [-0.1, -0.05) is 13.8 Å². The number of carbonyl (C=O) groups is 3. The molecule has 5 rings (SSSR count). The van der Waals surface area contributed by atoms with Crippen LogP contribution in [0.3, 0.4) is 0 Å². The molecule has 0 spiro atoms. The standard InChI is InChI=1S/C28H29N3O8/c1-4-16-17-9-15(32)7-8-21(17)30-25-18(16)12-31-22(25)10-20-19(26(31)35)13-38-27(36)28(20,5-2)39-24(34)11-29-23(33)14-37-6-3/h7-10,32H,4-6,11-14H2,1-3H3,(H,29,33)/t28-/m0/s1. The van der Waals surface area contributed by atoms with Gasteiger partial charge in [-0.15, -0.1) is 0 Å². The van der Waals surface area contributed by atoms with Crippen LogP contribution in [0.15, 0.2) is 29.1 Å². The van der Waals surface area contributed by atoms with Crippen LogP contribution in [0.4, 0.5) is 0 Å². The van der Waals surface area contributed by atoms with E-state index in [1.165, 1.54) is 0 Å². The minimum Gasteiger partial charge on any atom is -0.508 e. The number of phenolic OH excluding ortho intramolecular Hbond substituents is 1. The Morgan fingerprint density at radius 3 is 2.69 bits per heavy atom. The van der Waals surface area contributed by atoms with Gasteiger partial charge in [0.25, 0.3) is 5.56 Å². The van der Waals surface area contributed by atoms with E-state index >= 15 is 0 Å². The van der Waals surface area contributed by atoms with Crippen LogP contribution in [-0.2, 0) is 53.8 Å². The van der Waals surface area contributed by atoms with E-state index in [0.717, 1.165) is 16.5 Å². The number of rotatable bonds is 8. The van der Waals surface area contributed by atoms with Crippen molar-refractivity contribution in [2.75, 3.05) is 19.8 Å². The molecule has 0 saturated carbocycles. The van der Waals surface area contributed by atoms with Crippen molar-refractivity contribution in [3.63, 3.8) is 0 Å². The quantitative estimate of drug-likeness (QED) is 0.324. The molecule has 1 amide bonds. The normalized spacial score (nSPS) is 17.3. The summed E-state index contributed by atoms with van der Waals surface area (Å²) in [5, 5.41) is 13.3. The predicted octanol–water partition coefficient (Wildman–Crippen LogP) is 2.05.